The highest BCUT2D eigenvalue weighted by molar-refractivity contribution is 5.70. The highest BCUT2D eigenvalue weighted by Crippen LogP contribution is 2.29. The summed E-state index contributed by atoms with van der Waals surface area (Å²) in [5.74, 6) is 0.315. The molecule has 0 aliphatic heterocycles. The summed E-state index contributed by atoms with van der Waals surface area (Å²) in [7, 11) is 0. The van der Waals surface area contributed by atoms with Gasteiger partial charge < -0.3 is 10.4 Å². The molecule has 0 spiro atoms. The van der Waals surface area contributed by atoms with Gasteiger partial charge >= 0.3 is 5.97 Å². The van der Waals surface area contributed by atoms with E-state index in [0.29, 0.717) is 11.8 Å². The van der Waals surface area contributed by atoms with E-state index in [-0.39, 0.29) is 5.92 Å². The van der Waals surface area contributed by atoms with Crippen LogP contribution in [0.1, 0.15) is 46.0 Å². The van der Waals surface area contributed by atoms with Gasteiger partial charge in [-0.1, -0.05) is 33.1 Å². The van der Waals surface area contributed by atoms with Crippen molar-refractivity contribution in [2.75, 3.05) is 13.1 Å². The Balaban J connectivity index is 2.30. The number of carboxylic acids is 1. The van der Waals surface area contributed by atoms with Crippen LogP contribution in [0.4, 0.5) is 0 Å². The number of rotatable bonds is 6. The highest BCUT2D eigenvalue weighted by atomic mass is 16.4. The van der Waals surface area contributed by atoms with Crippen molar-refractivity contribution in [2.45, 2.75) is 46.0 Å². The minimum Gasteiger partial charge on any atom is -0.481 e. The zero-order valence-corrected chi connectivity index (χ0v) is 10.5. The van der Waals surface area contributed by atoms with Crippen LogP contribution in [0.2, 0.25) is 0 Å². The van der Waals surface area contributed by atoms with Crippen LogP contribution in [0.25, 0.3) is 0 Å². The molecule has 1 fully saturated rings. The van der Waals surface area contributed by atoms with Gasteiger partial charge in [-0.3, -0.25) is 4.79 Å². The molecule has 2 N–H and O–H groups in total. The summed E-state index contributed by atoms with van der Waals surface area (Å²) in [6.07, 6.45) is 5.40. The average molecular weight is 227 g/mol. The molecule has 0 saturated heterocycles. The predicted molar refractivity (Wildman–Crippen MR) is 65.4 cm³/mol. The van der Waals surface area contributed by atoms with Crippen LogP contribution in [0.3, 0.4) is 0 Å². The van der Waals surface area contributed by atoms with E-state index in [0.717, 1.165) is 32.4 Å². The lowest BCUT2D eigenvalue weighted by Crippen LogP contribution is -2.36. The number of carbonyl (C=O) groups is 1. The summed E-state index contributed by atoms with van der Waals surface area (Å²) in [5, 5.41) is 12.6. The van der Waals surface area contributed by atoms with Gasteiger partial charge in [-0.05, 0) is 37.8 Å². The second-order valence-electron chi connectivity index (χ2n) is 5.16. The van der Waals surface area contributed by atoms with Gasteiger partial charge in [-0.25, -0.2) is 0 Å². The zero-order valence-electron chi connectivity index (χ0n) is 10.5. The van der Waals surface area contributed by atoms with E-state index < -0.39 is 5.97 Å². The van der Waals surface area contributed by atoms with Crippen LogP contribution in [0.5, 0.6) is 0 Å². The fraction of sp³-hybridized carbons (Fsp3) is 0.923. The highest BCUT2D eigenvalue weighted by Gasteiger charge is 2.30. The van der Waals surface area contributed by atoms with Gasteiger partial charge in [-0.2, -0.15) is 0 Å². The van der Waals surface area contributed by atoms with Crippen molar-refractivity contribution in [1.82, 2.24) is 5.32 Å². The lowest BCUT2D eigenvalue weighted by molar-refractivity contribution is -0.144. The first-order chi connectivity index (χ1) is 7.65. The molecule has 0 aromatic carbocycles. The second kappa shape index (κ2) is 6.89. The quantitative estimate of drug-likeness (QED) is 0.733. The first-order valence-corrected chi connectivity index (χ1v) is 6.58. The lowest BCUT2D eigenvalue weighted by Gasteiger charge is -2.29. The molecule has 1 aliphatic carbocycles. The van der Waals surface area contributed by atoms with Gasteiger partial charge in [0.15, 0.2) is 0 Å². The molecule has 3 heteroatoms. The third kappa shape index (κ3) is 4.12. The van der Waals surface area contributed by atoms with Gasteiger partial charge in [0.25, 0.3) is 0 Å². The third-order valence-corrected chi connectivity index (χ3v) is 3.82. The molecule has 3 unspecified atom stereocenters. The molecule has 3 nitrogen and oxygen atoms in total. The van der Waals surface area contributed by atoms with E-state index in [9.17, 15) is 4.79 Å². The Morgan fingerprint density at radius 1 is 1.44 bits per heavy atom. The van der Waals surface area contributed by atoms with E-state index >= 15 is 0 Å². The van der Waals surface area contributed by atoms with Crippen molar-refractivity contribution in [3.8, 4) is 0 Å². The third-order valence-electron chi connectivity index (χ3n) is 3.82. The molecule has 0 heterocycles. The molecule has 1 saturated carbocycles. The van der Waals surface area contributed by atoms with Crippen LogP contribution < -0.4 is 5.32 Å². The molecule has 0 bridgehead atoms. The summed E-state index contributed by atoms with van der Waals surface area (Å²) in [5.41, 5.74) is 0. The Labute approximate surface area is 98.6 Å². The first-order valence-electron chi connectivity index (χ1n) is 6.58. The molecule has 3 atom stereocenters. The zero-order chi connectivity index (χ0) is 12.0. The standard InChI is InChI=1S/C13H25NO2/c1-3-10(2)8-14-9-11-6-4-5-7-12(11)13(15)16/h10-12,14H,3-9H2,1-2H3,(H,15,16). The van der Waals surface area contributed by atoms with E-state index in [1.165, 1.54) is 12.8 Å². The van der Waals surface area contributed by atoms with Gasteiger partial charge in [0.05, 0.1) is 5.92 Å². The number of carboxylic acid groups (broad SMARTS) is 1. The smallest absolute Gasteiger partial charge is 0.306 e. The van der Waals surface area contributed by atoms with E-state index in [2.05, 4.69) is 19.2 Å². The van der Waals surface area contributed by atoms with Crippen LogP contribution in [-0.2, 0) is 4.79 Å². The summed E-state index contributed by atoms with van der Waals surface area (Å²) in [4.78, 5) is 11.1. The minimum absolute atomic E-state index is 0.113. The van der Waals surface area contributed by atoms with Crippen molar-refractivity contribution in [3.05, 3.63) is 0 Å². The Hall–Kier alpha value is -0.570. The number of nitrogens with one attached hydrogen (secondary N) is 1. The fourth-order valence-corrected chi connectivity index (χ4v) is 2.44. The topological polar surface area (TPSA) is 49.3 Å². The molecule has 0 aromatic heterocycles. The summed E-state index contributed by atoms with van der Waals surface area (Å²) >= 11 is 0. The van der Waals surface area contributed by atoms with Crippen molar-refractivity contribution < 1.29 is 9.90 Å². The van der Waals surface area contributed by atoms with E-state index in [1.807, 2.05) is 0 Å². The largest absolute Gasteiger partial charge is 0.481 e. The molecule has 94 valence electrons. The Kier molecular flexibility index (Phi) is 5.81. The number of aliphatic carboxylic acids is 1. The van der Waals surface area contributed by atoms with Crippen molar-refractivity contribution in [3.63, 3.8) is 0 Å². The fourth-order valence-electron chi connectivity index (χ4n) is 2.44. The second-order valence-corrected chi connectivity index (χ2v) is 5.16. The first kappa shape index (κ1) is 13.5. The molecule has 1 aliphatic rings. The number of hydrogen-bond donors (Lipinski definition) is 2. The summed E-state index contributed by atoms with van der Waals surface area (Å²) in [6.45, 7) is 6.30. The van der Waals surface area contributed by atoms with Gasteiger partial charge in [0.1, 0.15) is 0 Å². The van der Waals surface area contributed by atoms with Crippen LogP contribution in [0.15, 0.2) is 0 Å². The monoisotopic (exact) mass is 227 g/mol. The summed E-state index contributed by atoms with van der Waals surface area (Å²) in [6, 6.07) is 0. The Bertz CT molecular complexity index is 218. The molecular weight excluding hydrogens is 202 g/mol. The van der Waals surface area contributed by atoms with Gasteiger partial charge in [0.2, 0.25) is 0 Å². The van der Waals surface area contributed by atoms with Crippen LogP contribution >= 0.6 is 0 Å². The molecule has 0 amide bonds. The predicted octanol–water partition coefficient (Wildman–Crippen LogP) is 2.51. The molecule has 16 heavy (non-hydrogen) atoms. The normalized spacial score (nSPS) is 27.6. The molecule has 0 radical (unpaired) electrons. The molecule has 0 aromatic rings. The maximum Gasteiger partial charge on any atom is 0.306 e. The van der Waals surface area contributed by atoms with Crippen molar-refractivity contribution in [2.24, 2.45) is 17.8 Å². The SMILES string of the molecule is CCC(C)CNCC1CCCCC1C(=O)O. The van der Waals surface area contributed by atoms with E-state index in [1.54, 1.807) is 0 Å². The molecular formula is C13H25NO2. The van der Waals surface area contributed by atoms with Crippen molar-refractivity contribution >= 4 is 5.97 Å². The van der Waals surface area contributed by atoms with Crippen LogP contribution in [-0.4, -0.2) is 24.2 Å². The Morgan fingerprint density at radius 2 is 2.12 bits per heavy atom. The van der Waals surface area contributed by atoms with Crippen LogP contribution in [0, 0.1) is 17.8 Å². The maximum absolute atomic E-state index is 11.1. The van der Waals surface area contributed by atoms with Crippen molar-refractivity contribution in [1.29, 1.82) is 0 Å². The maximum atomic E-state index is 11.1. The molecule has 1 rings (SSSR count). The lowest BCUT2D eigenvalue weighted by atomic mass is 9.79. The van der Waals surface area contributed by atoms with Gasteiger partial charge in [-0.15, -0.1) is 0 Å². The minimum atomic E-state index is -0.602. The average Bonchev–Trinajstić information content (AvgIpc) is 2.29. The van der Waals surface area contributed by atoms with Gasteiger partial charge in [0, 0.05) is 0 Å². The summed E-state index contributed by atoms with van der Waals surface area (Å²) < 4.78 is 0. The van der Waals surface area contributed by atoms with E-state index in [4.69, 9.17) is 5.11 Å². The number of hydrogen-bond acceptors (Lipinski definition) is 2. The Morgan fingerprint density at radius 3 is 2.75 bits per heavy atom.